The summed E-state index contributed by atoms with van der Waals surface area (Å²) in [6, 6.07) is 65.6. The lowest BCUT2D eigenvalue weighted by molar-refractivity contribution is 0.840. The number of fused-ring (bicyclic) bond motifs is 3. The van der Waals surface area contributed by atoms with Crippen LogP contribution in [0.15, 0.2) is 206 Å². The highest BCUT2D eigenvalue weighted by molar-refractivity contribution is 6.10. The van der Waals surface area contributed by atoms with Crippen LogP contribution < -0.4 is 4.90 Å². The van der Waals surface area contributed by atoms with Crippen molar-refractivity contribution in [1.82, 2.24) is 4.57 Å². The largest absolute Gasteiger partial charge is 0.311 e. The Morgan fingerprint density at radius 2 is 1.00 bits per heavy atom. The molecular weight excluding hydrogens is 605 g/mol. The van der Waals surface area contributed by atoms with Gasteiger partial charge >= 0.3 is 0 Å². The molecule has 1 heterocycles. The molecule has 0 radical (unpaired) electrons. The number of aromatic nitrogens is 1. The minimum Gasteiger partial charge on any atom is -0.311 e. The fraction of sp³-hybridized carbons (Fsp3) is 0.0417. The highest BCUT2D eigenvalue weighted by Crippen LogP contribution is 2.39. The smallest absolute Gasteiger partial charge is 0.0541 e. The summed E-state index contributed by atoms with van der Waals surface area (Å²) in [5, 5.41) is 2.52. The summed E-state index contributed by atoms with van der Waals surface area (Å²) in [4.78, 5) is 2.38. The van der Waals surface area contributed by atoms with Crippen LogP contribution in [0.5, 0.6) is 0 Å². The van der Waals surface area contributed by atoms with E-state index in [4.69, 9.17) is 0 Å². The molecule has 2 nitrogen and oxygen atoms in total. The molecule has 2 heteroatoms. The molecule has 1 atom stereocenters. The predicted molar refractivity (Wildman–Crippen MR) is 211 cm³/mol. The lowest BCUT2D eigenvalue weighted by Gasteiger charge is -2.29. The number of hydrogen-bond acceptors (Lipinski definition) is 1. The zero-order valence-corrected chi connectivity index (χ0v) is 27.7. The first-order valence-corrected chi connectivity index (χ1v) is 17.4. The van der Waals surface area contributed by atoms with E-state index in [1.54, 1.807) is 0 Å². The summed E-state index contributed by atoms with van der Waals surface area (Å²) in [5.74, 6) is 0.382. The lowest BCUT2D eigenvalue weighted by atomic mass is 9.91. The maximum atomic E-state index is 2.38. The van der Waals surface area contributed by atoms with Crippen molar-refractivity contribution in [3.63, 3.8) is 0 Å². The van der Waals surface area contributed by atoms with Gasteiger partial charge < -0.3 is 9.47 Å². The van der Waals surface area contributed by atoms with E-state index < -0.39 is 0 Å². The Labute approximate surface area is 293 Å². The molecule has 238 valence electrons. The van der Waals surface area contributed by atoms with E-state index in [2.05, 4.69) is 210 Å². The lowest BCUT2D eigenvalue weighted by Crippen LogP contribution is -2.17. The van der Waals surface area contributed by atoms with Crippen LogP contribution in [0.3, 0.4) is 0 Å². The molecule has 1 aromatic heterocycles. The number of hydrogen-bond donors (Lipinski definition) is 0. The van der Waals surface area contributed by atoms with Crippen molar-refractivity contribution in [3.05, 3.63) is 211 Å². The molecule has 50 heavy (non-hydrogen) atoms. The van der Waals surface area contributed by atoms with Crippen molar-refractivity contribution in [2.24, 2.45) is 0 Å². The molecule has 7 aromatic carbocycles. The number of rotatable bonds is 7. The molecule has 9 rings (SSSR count). The molecule has 1 aliphatic rings. The van der Waals surface area contributed by atoms with E-state index in [-0.39, 0.29) is 0 Å². The van der Waals surface area contributed by atoms with Crippen LogP contribution in [0, 0.1) is 0 Å². The highest BCUT2D eigenvalue weighted by Gasteiger charge is 2.19. The third-order valence-electron chi connectivity index (χ3n) is 9.94. The van der Waals surface area contributed by atoms with Gasteiger partial charge in [0.05, 0.1) is 11.0 Å². The third-order valence-corrected chi connectivity index (χ3v) is 9.94. The minimum absolute atomic E-state index is 0.382. The number of nitrogens with zero attached hydrogens (tertiary/aromatic N) is 2. The minimum atomic E-state index is 0.382. The van der Waals surface area contributed by atoms with Crippen LogP contribution in [-0.4, -0.2) is 4.57 Å². The van der Waals surface area contributed by atoms with Gasteiger partial charge in [-0.1, -0.05) is 140 Å². The van der Waals surface area contributed by atoms with Gasteiger partial charge in [-0.05, 0) is 94.9 Å². The molecule has 0 spiro atoms. The van der Waals surface area contributed by atoms with Gasteiger partial charge in [-0.2, -0.15) is 0 Å². The van der Waals surface area contributed by atoms with E-state index in [0.717, 1.165) is 17.8 Å². The molecule has 0 bridgehead atoms. The van der Waals surface area contributed by atoms with Gasteiger partial charge in [-0.15, -0.1) is 0 Å². The quantitative estimate of drug-likeness (QED) is 0.168. The van der Waals surface area contributed by atoms with Crippen LogP contribution >= 0.6 is 0 Å². The first-order chi connectivity index (χ1) is 24.8. The Hall–Kier alpha value is -6.38. The van der Waals surface area contributed by atoms with E-state index in [0.29, 0.717) is 5.92 Å². The summed E-state index contributed by atoms with van der Waals surface area (Å²) in [6.07, 6.45) is 7.98. The second-order valence-electron chi connectivity index (χ2n) is 13.0. The van der Waals surface area contributed by atoms with Crippen LogP contribution in [0.1, 0.15) is 17.9 Å². The fourth-order valence-electron chi connectivity index (χ4n) is 7.41. The second kappa shape index (κ2) is 12.9. The van der Waals surface area contributed by atoms with Crippen molar-refractivity contribution in [2.75, 3.05) is 4.90 Å². The molecule has 0 aliphatic heterocycles. The van der Waals surface area contributed by atoms with Crippen LogP contribution in [0.4, 0.5) is 11.4 Å². The van der Waals surface area contributed by atoms with Gasteiger partial charge in [0, 0.05) is 39.4 Å². The molecule has 0 saturated carbocycles. The normalized spacial score (nSPS) is 14.2. The van der Waals surface area contributed by atoms with E-state index in [1.807, 2.05) is 0 Å². The maximum absolute atomic E-state index is 2.38. The van der Waals surface area contributed by atoms with E-state index >= 15 is 0 Å². The molecule has 0 fully saturated rings. The second-order valence-corrected chi connectivity index (χ2v) is 13.0. The molecule has 1 aliphatic carbocycles. The first-order valence-electron chi connectivity index (χ1n) is 17.4. The Bertz CT molecular complexity index is 2470. The third kappa shape index (κ3) is 5.51. The van der Waals surface area contributed by atoms with Crippen molar-refractivity contribution in [3.8, 4) is 27.9 Å². The summed E-state index contributed by atoms with van der Waals surface area (Å²) in [7, 11) is 0. The van der Waals surface area contributed by atoms with Crippen LogP contribution in [0.25, 0.3) is 49.7 Å². The molecular formula is C48H36N2. The number of para-hydroxylation sites is 2. The Morgan fingerprint density at radius 1 is 0.460 bits per heavy atom. The van der Waals surface area contributed by atoms with Gasteiger partial charge in [0.15, 0.2) is 0 Å². The summed E-state index contributed by atoms with van der Waals surface area (Å²) >= 11 is 0. The average Bonchev–Trinajstić information content (AvgIpc) is 3.53. The molecule has 0 unspecified atom stereocenters. The highest BCUT2D eigenvalue weighted by atomic mass is 15.1. The number of allylic oxidation sites excluding steroid dienone is 3. The average molecular weight is 641 g/mol. The first kappa shape index (κ1) is 29.7. The topological polar surface area (TPSA) is 8.17 Å². The summed E-state index contributed by atoms with van der Waals surface area (Å²) in [6.45, 7) is 0. The summed E-state index contributed by atoms with van der Waals surface area (Å²) in [5.41, 5.74) is 13.3. The van der Waals surface area contributed by atoms with Gasteiger partial charge in [0.25, 0.3) is 0 Å². The number of anilines is 2. The zero-order chi connectivity index (χ0) is 33.3. The fourth-order valence-corrected chi connectivity index (χ4v) is 7.41. The SMILES string of the molecule is C1=C[C@H](c2ccccc2)CC=C1N(c1ccc(-c2ccccc2)cc1)c1ccc(-c2ccc3c(c2)c2ccccc2n3-c2ccccc2)cc1. The van der Waals surface area contributed by atoms with E-state index in [9.17, 15) is 0 Å². The van der Waals surface area contributed by atoms with E-state index in [1.165, 1.54) is 61.0 Å². The number of benzene rings is 7. The van der Waals surface area contributed by atoms with Gasteiger partial charge in [0.1, 0.15) is 0 Å². The molecule has 0 amide bonds. The Balaban J connectivity index is 1.08. The van der Waals surface area contributed by atoms with Gasteiger partial charge in [-0.3, -0.25) is 0 Å². The zero-order valence-electron chi connectivity index (χ0n) is 27.7. The van der Waals surface area contributed by atoms with Gasteiger partial charge in [0.2, 0.25) is 0 Å². The predicted octanol–water partition coefficient (Wildman–Crippen LogP) is 12.9. The Kier molecular flexibility index (Phi) is 7.68. The van der Waals surface area contributed by atoms with Crippen LogP contribution in [0.2, 0.25) is 0 Å². The molecule has 0 N–H and O–H groups in total. The molecule has 8 aromatic rings. The summed E-state index contributed by atoms with van der Waals surface area (Å²) < 4.78 is 2.37. The van der Waals surface area contributed by atoms with Crippen LogP contribution in [-0.2, 0) is 0 Å². The van der Waals surface area contributed by atoms with Gasteiger partial charge in [-0.25, -0.2) is 0 Å². The van der Waals surface area contributed by atoms with Crippen molar-refractivity contribution in [1.29, 1.82) is 0 Å². The van der Waals surface area contributed by atoms with Crippen molar-refractivity contribution >= 4 is 33.2 Å². The standard InChI is InChI=1S/C48H36N2/c1-4-12-35(13-5-1)37-20-27-42(28-21-37)49(43-29-22-38(23-30-43)36-14-6-2-7-15-36)44-31-24-39(25-32-44)40-26-33-48-46(34-40)45-18-10-11-19-47(45)50(48)41-16-8-3-9-17-41/h1-22,24-34,38H,23H2/t38-/m0/s1. The Morgan fingerprint density at radius 3 is 1.66 bits per heavy atom. The van der Waals surface area contributed by atoms with Crippen molar-refractivity contribution in [2.45, 2.75) is 12.3 Å². The monoisotopic (exact) mass is 640 g/mol. The van der Waals surface area contributed by atoms with Crippen molar-refractivity contribution < 1.29 is 0 Å². The maximum Gasteiger partial charge on any atom is 0.0541 e. The molecule has 0 saturated heterocycles.